The molecule has 2 aliphatic rings. The summed E-state index contributed by atoms with van der Waals surface area (Å²) < 4.78 is 5.34. The summed E-state index contributed by atoms with van der Waals surface area (Å²) in [5.74, 6) is 0. The molecular formula is C10H19NO2. The molecule has 13 heavy (non-hydrogen) atoms. The molecule has 0 unspecified atom stereocenters. The van der Waals surface area contributed by atoms with E-state index < -0.39 is 0 Å². The van der Waals surface area contributed by atoms with Crippen LogP contribution in [0.25, 0.3) is 0 Å². The van der Waals surface area contributed by atoms with Crippen molar-refractivity contribution in [1.82, 2.24) is 0 Å². The molecule has 1 heterocycles. The first-order valence-corrected chi connectivity index (χ1v) is 5.13. The lowest BCUT2D eigenvalue weighted by molar-refractivity contribution is -0.122. The molecule has 0 aromatic carbocycles. The molecule has 0 aromatic rings. The normalized spacial score (nSPS) is 30.0. The number of aliphatic hydroxyl groups is 1. The Bertz CT molecular complexity index is 173. The van der Waals surface area contributed by atoms with E-state index in [4.69, 9.17) is 10.5 Å². The second-order valence-corrected chi connectivity index (χ2v) is 4.83. The fourth-order valence-electron chi connectivity index (χ4n) is 3.02. The van der Waals surface area contributed by atoms with Crippen LogP contribution in [-0.4, -0.2) is 31.5 Å². The van der Waals surface area contributed by atoms with Crippen molar-refractivity contribution in [2.75, 3.05) is 26.4 Å². The maximum Gasteiger partial charge on any atom is 0.0499 e. The summed E-state index contributed by atoms with van der Waals surface area (Å²) in [6.45, 7) is 2.68. The third-order valence-electron chi connectivity index (χ3n) is 3.82. The molecule has 0 atom stereocenters. The van der Waals surface area contributed by atoms with Gasteiger partial charge in [-0.15, -0.1) is 0 Å². The van der Waals surface area contributed by atoms with Crippen LogP contribution in [0.1, 0.15) is 25.7 Å². The Kier molecular flexibility index (Phi) is 2.34. The Hall–Kier alpha value is -0.120. The van der Waals surface area contributed by atoms with Crippen LogP contribution < -0.4 is 5.73 Å². The third kappa shape index (κ3) is 1.49. The van der Waals surface area contributed by atoms with E-state index in [-0.39, 0.29) is 12.0 Å². The van der Waals surface area contributed by atoms with Gasteiger partial charge in [0.25, 0.3) is 0 Å². The molecule has 1 saturated heterocycles. The highest BCUT2D eigenvalue weighted by atomic mass is 16.5. The number of rotatable bonds is 2. The molecule has 1 saturated carbocycles. The van der Waals surface area contributed by atoms with E-state index in [1.165, 1.54) is 0 Å². The van der Waals surface area contributed by atoms with Gasteiger partial charge in [0.2, 0.25) is 0 Å². The van der Waals surface area contributed by atoms with Gasteiger partial charge in [0.05, 0.1) is 0 Å². The smallest absolute Gasteiger partial charge is 0.0499 e. The predicted octanol–water partition coefficient (Wildman–Crippen LogP) is 0.514. The second kappa shape index (κ2) is 3.23. The summed E-state index contributed by atoms with van der Waals surface area (Å²) in [5.41, 5.74) is 6.20. The molecule has 0 bridgehead atoms. The van der Waals surface area contributed by atoms with Gasteiger partial charge in [-0.1, -0.05) is 0 Å². The highest BCUT2D eigenvalue weighted by Gasteiger charge is 2.53. The molecule has 1 aliphatic heterocycles. The molecule has 3 nitrogen and oxygen atoms in total. The summed E-state index contributed by atoms with van der Waals surface area (Å²) in [7, 11) is 0. The Morgan fingerprint density at radius 3 is 2.31 bits per heavy atom. The fourth-order valence-corrected chi connectivity index (χ4v) is 3.02. The molecule has 0 radical (unpaired) electrons. The van der Waals surface area contributed by atoms with E-state index in [1.807, 2.05) is 0 Å². The van der Waals surface area contributed by atoms with E-state index in [2.05, 4.69) is 0 Å². The van der Waals surface area contributed by atoms with Crippen molar-refractivity contribution >= 4 is 0 Å². The molecule has 0 amide bonds. The molecule has 76 valence electrons. The molecule has 0 aromatic heterocycles. The predicted molar refractivity (Wildman–Crippen MR) is 50.3 cm³/mol. The molecule has 2 fully saturated rings. The maximum atomic E-state index is 9.24. The largest absolute Gasteiger partial charge is 0.396 e. The zero-order valence-electron chi connectivity index (χ0n) is 8.09. The molecule has 1 aliphatic carbocycles. The number of nitrogens with two attached hydrogens (primary N) is 1. The van der Waals surface area contributed by atoms with Gasteiger partial charge in [0, 0.05) is 31.8 Å². The maximum absolute atomic E-state index is 9.24. The molecule has 1 spiro atoms. The van der Waals surface area contributed by atoms with Crippen molar-refractivity contribution in [3.63, 3.8) is 0 Å². The summed E-state index contributed by atoms with van der Waals surface area (Å²) in [4.78, 5) is 0. The average molecular weight is 185 g/mol. The van der Waals surface area contributed by atoms with Gasteiger partial charge in [-0.05, 0) is 31.1 Å². The van der Waals surface area contributed by atoms with Crippen LogP contribution >= 0.6 is 0 Å². The van der Waals surface area contributed by atoms with Gasteiger partial charge in [-0.2, -0.15) is 0 Å². The van der Waals surface area contributed by atoms with Crippen LogP contribution in [-0.2, 0) is 4.74 Å². The third-order valence-corrected chi connectivity index (χ3v) is 3.82. The fraction of sp³-hybridized carbons (Fsp3) is 1.00. The molecule has 3 N–H and O–H groups in total. The first-order chi connectivity index (χ1) is 6.24. The number of hydrogen-bond acceptors (Lipinski definition) is 3. The van der Waals surface area contributed by atoms with Crippen molar-refractivity contribution in [1.29, 1.82) is 0 Å². The first-order valence-electron chi connectivity index (χ1n) is 5.13. The van der Waals surface area contributed by atoms with Gasteiger partial charge >= 0.3 is 0 Å². The highest BCUT2D eigenvalue weighted by Crippen LogP contribution is 2.58. The lowest BCUT2D eigenvalue weighted by Crippen LogP contribution is -2.54. The monoisotopic (exact) mass is 185 g/mol. The molecule has 3 heteroatoms. The number of aliphatic hydroxyl groups excluding tert-OH is 1. The van der Waals surface area contributed by atoms with Crippen LogP contribution in [0, 0.1) is 10.8 Å². The zero-order chi connectivity index (χ0) is 9.36. The van der Waals surface area contributed by atoms with Gasteiger partial charge in [0.15, 0.2) is 0 Å². The molecular weight excluding hydrogens is 166 g/mol. The SMILES string of the molecule is NCC1(CO)CC2(CCOCC2)C1. The van der Waals surface area contributed by atoms with Gasteiger partial charge < -0.3 is 15.6 Å². The highest BCUT2D eigenvalue weighted by molar-refractivity contribution is 5.04. The minimum atomic E-state index is 0.0529. The Morgan fingerprint density at radius 2 is 1.85 bits per heavy atom. The average Bonchev–Trinajstić information content (AvgIpc) is 2.15. The van der Waals surface area contributed by atoms with Gasteiger partial charge in [0.1, 0.15) is 0 Å². The number of ether oxygens (including phenoxy) is 1. The van der Waals surface area contributed by atoms with Crippen LogP contribution in [0.5, 0.6) is 0 Å². The first kappa shape index (κ1) is 9.44. The van der Waals surface area contributed by atoms with Crippen molar-refractivity contribution in [3.8, 4) is 0 Å². The van der Waals surface area contributed by atoms with Crippen LogP contribution in [0.2, 0.25) is 0 Å². The van der Waals surface area contributed by atoms with Gasteiger partial charge in [-0.25, -0.2) is 0 Å². The second-order valence-electron chi connectivity index (χ2n) is 4.83. The van der Waals surface area contributed by atoms with Crippen molar-refractivity contribution in [3.05, 3.63) is 0 Å². The number of hydrogen-bond donors (Lipinski definition) is 2. The zero-order valence-corrected chi connectivity index (χ0v) is 8.09. The summed E-state index contributed by atoms with van der Waals surface area (Å²) in [6.07, 6.45) is 4.54. The Labute approximate surface area is 79.3 Å². The van der Waals surface area contributed by atoms with E-state index >= 15 is 0 Å². The van der Waals surface area contributed by atoms with Gasteiger partial charge in [-0.3, -0.25) is 0 Å². The van der Waals surface area contributed by atoms with E-state index in [0.29, 0.717) is 12.0 Å². The Balaban J connectivity index is 1.93. The quantitative estimate of drug-likeness (QED) is 0.659. The topological polar surface area (TPSA) is 55.5 Å². The van der Waals surface area contributed by atoms with E-state index in [1.54, 1.807) is 0 Å². The standard InChI is InChI=1S/C10H19NO2/c11-7-10(8-12)5-9(6-10)1-3-13-4-2-9/h12H,1-8,11H2. The van der Waals surface area contributed by atoms with Crippen molar-refractivity contribution < 1.29 is 9.84 Å². The van der Waals surface area contributed by atoms with E-state index in [0.717, 1.165) is 38.9 Å². The summed E-state index contributed by atoms with van der Waals surface area (Å²) in [5, 5.41) is 9.24. The van der Waals surface area contributed by atoms with Crippen LogP contribution in [0.3, 0.4) is 0 Å². The van der Waals surface area contributed by atoms with Crippen molar-refractivity contribution in [2.45, 2.75) is 25.7 Å². The Morgan fingerprint density at radius 1 is 1.23 bits per heavy atom. The van der Waals surface area contributed by atoms with Crippen molar-refractivity contribution in [2.24, 2.45) is 16.6 Å². The van der Waals surface area contributed by atoms with Crippen LogP contribution in [0.15, 0.2) is 0 Å². The lowest BCUT2D eigenvalue weighted by Gasteiger charge is -2.57. The lowest BCUT2D eigenvalue weighted by atomic mass is 9.50. The minimum absolute atomic E-state index is 0.0529. The molecule has 2 rings (SSSR count). The van der Waals surface area contributed by atoms with E-state index in [9.17, 15) is 5.11 Å². The summed E-state index contributed by atoms with van der Waals surface area (Å²) >= 11 is 0. The summed E-state index contributed by atoms with van der Waals surface area (Å²) in [6, 6.07) is 0. The minimum Gasteiger partial charge on any atom is -0.396 e. The van der Waals surface area contributed by atoms with Crippen LogP contribution in [0.4, 0.5) is 0 Å².